The van der Waals surface area contributed by atoms with Crippen LogP contribution < -0.4 is 4.74 Å². The Morgan fingerprint density at radius 1 is 1.41 bits per heavy atom. The molecule has 4 aromatic rings. The summed E-state index contributed by atoms with van der Waals surface area (Å²) in [6.07, 6.45) is 3.31. The van der Waals surface area contributed by atoms with Gasteiger partial charge < -0.3 is 14.1 Å². The molecule has 3 aromatic heterocycles. The zero-order chi connectivity index (χ0) is 19.0. The number of methoxy groups -OCH3 is 1. The smallest absolute Gasteiger partial charge is 0.271 e. The fourth-order valence-electron chi connectivity index (χ4n) is 2.81. The summed E-state index contributed by atoms with van der Waals surface area (Å²) in [7, 11) is 3.13. The highest BCUT2D eigenvalue weighted by Crippen LogP contribution is 2.27. The van der Waals surface area contributed by atoms with Gasteiger partial charge in [0.15, 0.2) is 16.5 Å². The van der Waals surface area contributed by atoms with Gasteiger partial charge in [-0.1, -0.05) is 0 Å². The number of rotatable bonds is 5. The Morgan fingerprint density at radius 2 is 2.26 bits per heavy atom. The lowest BCUT2D eigenvalue weighted by Crippen LogP contribution is -2.26. The van der Waals surface area contributed by atoms with E-state index in [1.807, 2.05) is 6.07 Å². The van der Waals surface area contributed by atoms with Gasteiger partial charge in [0, 0.05) is 24.2 Å². The van der Waals surface area contributed by atoms with Crippen LogP contribution in [0.2, 0.25) is 0 Å². The van der Waals surface area contributed by atoms with Crippen molar-refractivity contribution in [2.45, 2.75) is 6.54 Å². The van der Waals surface area contributed by atoms with Crippen molar-refractivity contribution < 1.29 is 18.3 Å². The summed E-state index contributed by atoms with van der Waals surface area (Å²) in [5.74, 6) is 0.274. The Hall–Kier alpha value is -3.13. The molecule has 0 saturated carbocycles. The van der Waals surface area contributed by atoms with Crippen LogP contribution in [0.4, 0.5) is 4.39 Å². The van der Waals surface area contributed by atoms with Crippen molar-refractivity contribution in [3.05, 3.63) is 65.4 Å². The van der Waals surface area contributed by atoms with Gasteiger partial charge in [-0.05, 0) is 30.3 Å². The molecule has 8 heteroatoms. The minimum atomic E-state index is -0.458. The van der Waals surface area contributed by atoms with Gasteiger partial charge in [-0.25, -0.2) is 9.37 Å². The Bertz CT molecular complexity index is 1100. The molecule has 0 fully saturated rings. The first-order chi connectivity index (χ1) is 13.1. The molecule has 0 unspecified atom stereocenters. The quantitative estimate of drug-likeness (QED) is 0.519. The van der Waals surface area contributed by atoms with Crippen LogP contribution in [-0.2, 0) is 6.54 Å². The molecule has 0 aliphatic heterocycles. The van der Waals surface area contributed by atoms with Crippen LogP contribution in [0.25, 0.3) is 16.2 Å². The number of hydrogen-bond donors (Lipinski definition) is 0. The number of carbonyl (C=O) groups excluding carboxylic acids is 1. The Labute approximate surface area is 158 Å². The molecule has 0 bridgehead atoms. The first-order valence-electron chi connectivity index (χ1n) is 8.15. The van der Waals surface area contributed by atoms with Crippen LogP contribution in [0.5, 0.6) is 5.75 Å². The number of carbonyl (C=O) groups is 1. The van der Waals surface area contributed by atoms with Crippen molar-refractivity contribution in [1.29, 1.82) is 0 Å². The van der Waals surface area contributed by atoms with Crippen LogP contribution >= 0.6 is 11.3 Å². The van der Waals surface area contributed by atoms with Crippen molar-refractivity contribution in [1.82, 2.24) is 14.3 Å². The van der Waals surface area contributed by atoms with E-state index in [2.05, 4.69) is 4.98 Å². The average molecular weight is 385 g/mol. The molecular weight excluding hydrogens is 369 g/mol. The maximum atomic E-state index is 14.0. The number of nitrogens with zero attached hydrogens (tertiary/aromatic N) is 3. The fraction of sp³-hybridized carbons (Fsp3) is 0.158. The van der Waals surface area contributed by atoms with Crippen LogP contribution in [-0.4, -0.2) is 34.3 Å². The molecule has 0 saturated heterocycles. The second-order valence-electron chi connectivity index (χ2n) is 5.99. The monoisotopic (exact) mass is 385 g/mol. The Balaban J connectivity index is 1.64. The second-order valence-corrected chi connectivity index (χ2v) is 6.83. The molecule has 138 valence electrons. The van der Waals surface area contributed by atoms with E-state index in [9.17, 15) is 9.18 Å². The number of ether oxygens (including phenoxy) is 1. The normalized spacial score (nSPS) is 11.1. The van der Waals surface area contributed by atoms with E-state index in [0.29, 0.717) is 34.2 Å². The lowest BCUT2D eigenvalue weighted by atomic mass is 10.1. The van der Waals surface area contributed by atoms with Crippen molar-refractivity contribution in [3.63, 3.8) is 0 Å². The van der Waals surface area contributed by atoms with Crippen molar-refractivity contribution in [3.8, 4) is 17.0 Å². The zero-order valence-corrected chi connectivity index (χ0v) is 15.5. The van der Waals surface area contributed by atoms with E-state index in [0.717, 1.165) is 0 Å². The number of hydrogen-bond acceptors (Lipinski definition) is 5. The van der Waals surface area contributed by atoms with Gasteiger partial charge in [-0.2, -0.15) is 0 Å². The molecule has 27 heavy (non-hydrogen) atoms. The maximum absolute atomic E-state index is 14.0. The largest absolute Gasteiger partial charge is 0.494 e. The van der Waals surface area contributed by atoms with E-state index in [1.54, 1.807) is 52.4 Å². The third-order valence-corrected chi connectivity index (χ3v) is 5.04. The van der Waals surface area contributed by atoms with Crippen LogP contribution in [0.3, 0.4) is 0 Å². The molecule has 0 N–H and O–H groups in total. The summed E-state index contributed by atoms with van der Waals surface area (Å²) in [5, 5.41) is 1.77. The summed E-state index contributed by atoms with van der Waals surface area (Å²) >= 11 is 1.36. The Kier molecular flexibility index (Phi) is 4.41. The average Bonchev–Trinajstić information content (AvgIpc) is 3.38. The SMILES string of the molecule is COc1ccc(-c2cn3c(C(=O)N(C)Cc4ccco4)csc3n2)cc1F. The number of imidazole rings is 1. The molecule has 6 nitrogen and oxygen atoms in total. The third kappa shape index (κ3) is 3.19. The molecule has 0 spiro atoms. The predicted molar refractivity (Wildman–Crippen MR) is 99.5 cm³/mol. The molecule has 0 aliphatic rings. The number of benzene rings is 1. The topological polar surface area (TPSA) is 60.0 Å². The van der Waals surface area contributed by atoms with Gasteiger partial charge in [0.05, 0.1) is 25.6 Å². The number of fused-ring (bicyclic) bond motifs is 1. The maximum Gasteiger partial charge on any atom is 0.271 e. The van der Waals surface area contributed by atoms with Crippen LogP contribution in [0, 0.1) is 5.82 Å². The van der Waals surface area contributed by atoms with E-state index in [4.69, 9.17) is 9.15 Å². The lowest BCUT2D eigenvalue weighted by molar-refractivity contribution is 0.0769. The second kappa shape index (κ2) is 6.88. The minimum Gasteiger partial charge on any atom is -0.494 e. The number of furan rings is 1. The van der Waals surface area contributed by atoms with Gasteiger partial charge in [-0.3, -0.25) is 9.20 Å². The first kappa shape index (κ1) is 17.3. The highest BCUT2D eigenvalue weighted by molar-refractivity contribution is 7.15. The first-order valence-corrected chi connectivity index (χ1v) is 9.03. The summed E-state index contributed by atoms with van der Waals surface area (Å²) in [4.78, 5) is 19.5. The van der Waals surface area contributed by atoms with E-state index in [1.165, 1.54) is 24.5 Å². The van der Waals surface area contributed by atoms with Gasteiger partial charge in [0.1, 0.15) is 11.5 Å². The highest BCUT2D eigenvalue weighted by Gasteiger charge is 2.19. The number of halogens is 1. The molecule has 0 aliphatic carbocycles. The highest BCUT2D eigenvalue weighted by atomic mass is 32.1. The summed E-state index contributed by atoms with van der Waals surface area (Å²) in [6.45, 7) is 0.369. The van der Waals surface area contributed by atoms with Gasteiger partial charge in [0.25, 0.3) is 5.91 Å². The van der Waals surface area contributed by atoms with E-state index >= 15 is 0 Å². The summed E-state index contributed by atoms with van der Waals surface area (Å²) in [6, 6.07) is 8.27. The number of aromatic nitrogens is 2. The van der Waals surface area contributed by atoms with Crippen molar-refractivity contribution in [2.24, 2.45) is 0 Å². The standard InChI is InChI=1S/C19H16FN3O3S/c1-22(9-13-4-3-7-26-13)18(24)16-11-27-19-21-15(10-23(16)19)12-5-6-17(25-2)14(20)8-12/h3-8,10-11H,9H2,1-2H3. The van der Waals surface area contributed by atoms with Gasteiger partial charge >= 0.3 is 0 Å². The minimum absolute atomic E-state index is 0.150. The van der Waals surface area contributed by atoms with E-state index < -0.39 is 5.82 Å². The fourth-order valence-corrected chi connectivity index (χ4v) is 3.65. The number of amides is 1. The van der Waals surface area contributed by atoms with Crippen LogP contribution in [0.1, 0.15) is 16.2 Å². The molecule has 1 amide bonds. The summed E-state index contributed by atoms with van der Waals surface area (Å²) in [5.41, 5.74) is 1.70. The zero-order valence-electron chi connectivity index (χ0n) is 14.7. The van der Waals surface area contributed by atoms with Gasteiger partial charge in [0.2, 0.25) is 0 Å². The third-order valence-electron chi connectivity index (χ3n) is 4.20. The molecular formula is C19H16FN3O3S. The molecule has 0 atom stereocenters. The van der Waals surface area contributed by atoms with Crippen LogP contribution in [0.15, 0.2) is 52.6 Å². The lowest BCUT2D eigenvalue weighted by Gasteiger charge is -2.14. The van der Waals surface area contributed by atoms with Gasteiger partial charge in [-0.15, -0.1) is 11.3 Å². The molecule has 4 rings (SSSR count). The van der Waals surface area contributed by atoms with E-state index in [-0.39, 0.29) is 11.7 Å². The van der Waals surface area contributed by atoms with Crippen molar-refractivity contribution >= 4 is 22.2 Å². The van der Waals surface area contributed by atoms with Crippen molar-refractivity contribution in [2.75, 3.05) is 14.2 Å². The summed E-state index contributed by atoms with van der Waals surface area (Å²) < 4.78 is 25.9. The Morgan fingerprint density at radius 3 is 2.96 bits per heavy atom. The molecule has 3 heterocycles. The molecule has 0 radical (unpaired) electrons. The molecule has 1 aromatic carbocycles. The number of thiazole rings is 1. The predicted octanol–water partition coefficient (Wildman–Crippen LogP) is 4.08.